The van der Waals surface area contributed by atoms with Crippen molar-refractivity contribution in [2.24, 2.45) is 11.8 Å². The molecule has 1 aromatic carbocycles. The Labute approximate surface area is 160 Å². The SMILES string of the molecule is COc1ccc([C@@H]2NC(=O)NC(C)=C2C(=O)O[C@@H]2CC[C@@H](C)[C@H](C)C2)cc1. The Morgan fingerprint density at radius 2 is 1.81 bits per heavy atom. The summed E-state index contributed by atoms with van der Waals surface area (Å²) in [4.78, 5) is 25.0. The topological polar surface area (TPSA) is 76.7 Å². The second-order valence-corrected chi connectivity index (χ2v) is 7.64. The highest BCUT2D eigenvalue weighted by molar-refractivity contribution is 5.95. The van der Waals surface area contributed by atoms with Crippen LogP contribution in [0.5, 0.6) is 5.75 Å². The van der Waals surface area contributed by atoms with Crippen LogP contribution in [-0.2, 0) is 9.53 Å². The van der Waals surface area contributed by atoms with Crippen LogP contribution in [0.3, 0.4) is 0 Å². The minimum absolute atomic E-state index is 0.0712. The van der Waals surface area contributed by atoms with Gasteiger partial charge in [0.05, 0.1) is 18.7 Å². The fraction of sp³-hybridized carbons (Fsp3) is 0.524. The van der Waals surface area contributed by atoms with Crippen molar-refractivity contribution in [2.75, 3.05) is 7.11 Å². The summed E-state index contributed by atoms with van der Waals surface area (Å²) >= 11 is 0. The van der Waals surface area contributed by atoms with Crippen molar-refractivity contribution in [3.8, 4) is 5.75 Å². The molecular formula is C21H28N2O4. The van der Waals surface area contributed by atoms with E-state index in [1.54, 1.807) is 14.0 Å². The average Bonchev–Trinajstić information content (AvgIpc) is 2.64. The smallest absolute Gasteiger partial charge is 0.338 e. The normalized spacial score (nSPS) is 28.2. The number of amides is 2. The highest BCUT2D eigenvalue weighted by Crippen LogP contribution is 2.33. The third kappa shape index (κ3) is 4.26. The minimum Gasteiger partial charge on any atom is -0.497 e. The lowest BCUT2D eigenvalue weighted by molar-refractivity contribution is -0.147. The van der Waals surface area contributed by atoms with Gasteiger partial charge in [-0.1, -0.05) is 26.0 Å². The maximum absolute atomic E-state index is 13.0. The van der Waals surface area contributed by atoms with E-state index in [4.69, 9.17) is 9.47 Å². The first-order valence-corrected chi connectivity index (χ1v) is 9.52. The number of allylic oxidation sites excluding steroid dienone is 1. The zero-order valence-corrected chi connectivity index (χ0v) is 16.4. The largest absolute Gasteiger partial charge is 0.497 e. The van der Waals surface area contributed by atoms with Gasteiger partial charge in [-0.3, -0.25) is 0 Å². The monoisotopic (exact) mass is 372 g/mol. The maximum Gasteiger partial charge on any atom is 0.338 e. The van der Waals surface area contributed by atoms with Crippen molar-refractivity contribution in [1.29, 1.82) is 0 Å². The number of urea groups is 1. The Morgan fingerprint density at radius 1 is 1.11 bits per heavy atom. The molecule has 1 saturated carbocycles. The lowest BCUT2D eigenvalue weighted by Gasteiger charge is -2.33. The molecule has 0 aromatic heterocycles. The summed E-state index contributed by atoms with van der Waals surface area (Å²) in [5, 5.41) is 5.52. The van der Waals surface area contributed by atoms with Gasteiger partial charge in [-0.05, 0) is 55.7 Å². The summed E-state index contributed by atoms with van der Waals surface area (Å²) in [6, 6.07) is 6.44. The summed E-state index contributed by atoms with van der Waals surface area (Å²) < 4.78 is 11.0. The molecule has 0 saturated heterocycles. The Kier molecular flexibility index (Phi) is 5.73. The van der Waals surface area contributed by atoms with Crippen molar-refractivity contribution in [3.05, 3.63) is 41.1 Å². The summed E-state index contributed by atoms with van der Waals surface area (Å²) in [6.07, 6.45) is 2.76. The number of methoxy groups -OCH3 is 1. The lowest BCUT2D eigenvalue weighted by atomic mass is 9.80. The maximum atomic E-state index is 13.0. The standard InChI is InChI=1S/C21H28N2O4/c1-12-5-8-17(11-13(12)2)27-20(24)18-14(3)22-21(25)23-19(18)15-6-9-16(26-4)10-7-15/h6-7,9-10,12-13,17,19H,5,8,11H2,1-4H3,(H2,22,23,25)/t12-,13-,17-,19+/m1/s1. The molecule has 1 aliphatic carbocycles. The van der Waals surface area contributed by atoms with E-state index in [0.29, 0.717) is 28.9 Å². The van der Waals surface area contributed by atoms with Gasteiger partial charge >= 0.3 is 12.0 Å². The third-order valence-corrected chi connectivity index (χ3v) is 5.76. The molecule has 3 rings (SSSR count). The molecule has 1 aromatic rings. The van der Waals surface area contributed by atoms with E-state index in [1.165, 1.54) is 0 Å². The average molecular weight is 372 g/mol. The highest BCUT2D eigenvalue weighted by Gasteiger charge is 2.34. The number of ether oxygens (including phenoxy) is 2. The van der Waals surface area contributed by atoms with Crippen LogP contribution in [0.2, 0.25) is 0 Å². The summed E-state index contributed by atoms with van der Waals surface area (Å²) in [6.45, 7) is 6.19. The molecule has 2 amide bonds. The van der Waals surface area contributed by atoms with Gasteiger partial charge in [0.25, 0.3) is 0 Å². The number of hydrogen-bond acceptors (Lipinski definition) is 4. The van der Waals surface area contributed by atoms with E-state index in [2.05, 4.69) is 24.5 Å². The van der Waals surface area contributed by atoms with Crippen molar-refractivity contribution in [3.63, 3.8) is 0 Å². The number of rotatable bonds is 4. The fourth-order valence-corrected chi connectivity index (χ4v) is 3.83. The fourth-order valence-electron chi connectivity index (χ4n) is 3.83. The summed E-state index contributed by atoms with van der Waals surface area (Å²) in [5.74, 6) is 1.54. The zero-order valence-electron chi connectivity index (χ0n) is 16.4. The number of hydrogen-bond donors (Lipinski definition) is 2. The molecule has 2 N–H and O–H groups in total. The van der Waals surface area contributed by atoms with Crippen LogP contribution < -0.4 is 15.4 Å². The molecule has 0 unspecified atom stereocenters. The van der Waals surface area contributed by atoms with Crippen LogP contribution in [0.4, 0.5) is 4.79 Å². The predicted octanol–water partition coefficient (Wildman–Crippen LogP) is 3.69. The van der Waals surface area contributed by atoms with E-state index >= 15 is 0 Å². The van der Waals surface area contributed by atoms with E-state index in [-0.39, 0.29) is 18.1 Å². The van der Waals surface area contributed by atoms with Gasteiger partial charge in [0.15, 0.2) is 0 Å². The van der Waals surface area contributed by atoms with Gasteiger partial charge in [-0.25, -0.2) is 9.59 Å². The van der Waals surface area contributed by atoms with Crippen LogP contribution in [-0.4, -0.2) is 25.2 Å². The number of benzene rings is 1. The van der Waals surface area contributed by atoms with Crippen molar-refractivity contribution in [1.82, 2.24) is 10.6 Å². The molecule has 1 heterocycles. The van der Waals surface area contributed by atoms with Gasteiger partial charge in [0, 0.05) is 5.70 Å². The van der Waals surface area contributed by atoms with E-state index in [0.717, 1.165) is 24.8 Å². The number of nitrogens with one attached hydrogen (secondary N) is 2. The molecule has 146 valence electrons. The molecule has 6 nitrogen and oxygen atoms in total. The molecule has 27 heavy (non-hydrogen) atoms. The van der Waals surface area contributed by atoms with Crippen LogP contribution in [0.25, 0.3) is 0 Å². The molecule has 1 aliphatic heterocycles. The van der Waals surface area contributed by atoms with E-state index in [9.17, 15) is 9.59 Å². The lowest BCUT2D eigenvalue weighted by Crippen LogP contribution is -2.45. The second kappa shape index (κ2) is 8.03. The van der Waals surface area contributed by atoms with Gasteiger partial charge < -0.3 is 20.1 Å². The molecule has 0 spiro atoms. The van der Waals surface area contributed by atoms with Gasteiger partial charge in [-0.15, -0.1) is 0 Å². The molecule has 1 fully saturated rings. The first kappa shape index (κ1) is 19.3. The van der Waals surface area contributed by atoms with Crippen LogP contribution >= 0.6 is 0 Å². The first-order valence-electron chi connectivity index (χ1n) is 9.52. The zero-order chi connectivity index (χ0) is 19.6. The highest BCUT2D eigenvalue weighted by atomic mass is 16.5. The van der Waals surface area contributed by atoms with E-state index < -0.39 is 6.04 Å². The Hall–Kier alpha value is -2.50. The Balaban J connectivity index is 1.81. The Morgan fingerprint density at radius 3 is 2.44 bits per heavy atom. The van der Waals surface area contributed by atoms with Crippen molar-refractivity contribution < 1.29 is 19.1 Å². The number of carbonyl (C=O) groups is 2. The number of carbonyl (C=O) groups excluding carboxylic acids is 2. The quantitative estimate of drug-likeness (QED) is 0.790. The molecule has 0 radical (unpaired) electrons. The van der Waals surface area contributed by atoms with Crippen molar-refractivity contribution in [2.45, 2.75) is 52.2 Å². The van der Waals surface area contributed by atoms with Gasteiger partial charge in [0.1, 0.15) is 11.9 Å². The summed E-state index contributed by atoms with van der Waals surface area (Å²) in [5.41, 5.74) is 1.79. The van der Waals surface area contributed by atoms with Gasteiger partial charge in [0.2, 0.25) is 0 Å². The van der Waals surface area contributed by atoms with E-state index in [1.807, 2.05) is 24.3 Å². The second-order valence-electron chi connectivity index (χ2n) is 7.64. The molecule has 6 heteroatoms. The molecular weight excluding hydrogens is 344 g/mol. The number of esters is 1. The van der Waals surface area contributed by atoms with Crippen LogP contribution in [0.15, 0.2) is 35.5 Å². The first-order chi connectivity index (χ1) is 12.9. The molecule has 2 aliphatic rings. The molecule has 4 atom stereocenters. The van der Waals surface area contributed by atoms with Gasteiger partial charge in [-0.2, -0.15) is 0 Å². The van der Waals surface area contributed by atoms with Crippen LogP contribution in [0.1, 0.15) is 51.6 Å². The third-order valence-electron chi connectivity index (χ3n) is 5.76. The van der Waals surface area contributed by atoms with Crippen LogP contribution in [0, 0.1) is 11.8 Å². The van der Waals surface area contributed by atoms with Crippen molar-refractivity contribution >= 4 is 12.0 Å². The Bertz CT molecular complexity index is 741. The predicted molar refractivity (Wildman–Crippen MR) is 102 cm³/mol. The minimum atomic E-state index is -0.544. The molecule has 0 bridgehead atoms. The summed E-state index contributed by atoms with van der Waals surface area (Å²) in [7, 11) is 1.60.